The van der Waals surface area contributed by atoms with Gasteiger partial charge in [-0.3, -0.25) is 4.79 Å². The van der Waals surface area contributed by atoms with Crippen molar-refractivity contribution in [3.63, 3.8) is 0 Å². The second-order valence-corrected chi connectivity index (χ2v) is 5.02. The number of anilines is 1. The van der Waals surface area contributed by atoms with E-state index in [0.29, 0.717) is 13.0 Å². The molecule has 1 unspecified atom stereocenters. The Morgan fingerprint density at radius 3 is 2.84 bits per heavy atom. The fraction of sp³-hybridized carbons (Fsp3) is 0.500. The molecule has 1 aromatic heterocycles. The largest absolute Gasteiger partial charge is 0.481 e. The van der Waals surface area contributed by atoms with Gasteiger partial charge in [0.05, 0.1) is 11.1 Å². The summed E-state index contributed by atoms with van der Waals surface area (Å²) in [4.78, 5) is 26.9. The van der Waals surface area contributed by atoms with Gasteiger partial charge in [-0.25, -0.2) is 0 Å². The van der Waals surface area contributed by atoms with Crippen molar-refractivity contribution in [3.05, 3.63) is 28.4 Å². The van der Waals surface area contributed by atoms with Gasteiger partial charge in [0.1, 0.15) is 0 Å². The zero-order valence-corrected chi connectivity index (χ0v) is 10.6. The Morgan fingerprint density at radius 2 is 2.32 bits per heavy atom. The van der Waals surface area contributed by atoms with Crippen molar-refractivity contribution in [2.24, 2.45) is 5.41 Å². The molecule has 1 aromatic rings. The van der Waals surface area contributed by atoms with Crippen LogP contribution in [-0.2, 0) is 4.79 Å². The summed E-state index contributed by atoms with van der Waals surface area (Å²) in [6, 6.07) is 2.95. The highest BCUT2D eigenvalue weighted by Gasteiger charge is 2.38. The van der Waals surface area contributed by atoms with Crippen molar-refractivity contribution in [1.29, 1.82) is 0 Å². The molecule has 2 rings (SSSR count). The van der Waals surface area contributed by atoms with E-state index in [9.17, 15) is 20.0 Å². The molecule has 102 valence electrons. The molecule has 1 saturated heterocycles. The van der Waals surface area contributed by atoms with Crippen LogP contribution in [0.2, 0.25) is 0 Å². The Kier molecular flexibility index (Phi) is 3.37. The number of carboxylic acids is 1. The van der Waals surface area contributed by atoms with E-state index in [-0.39, 0.29) is 5.82 Å². The second kappa shape index (κ2) is 4.83. The lowest BCUT2D eigenvalue weighted by Gasteiger charge is -2.38. The van der Waals surface area contributed by atoms with Crippen LogP contribution in [0.25, 0.3) is 0 Å². The predicted molar refractivity (Wildman–Crippen MR) is 68.1 cm³/mol. The number of pyridine rings is 1. The number of aliphatic carboxylic acids is 1. The molecule has 1 aliphatic rings. The monoisotopic (exact) mass is 265 g/mol. The van der Waals surface area contributed by atoms with E-state index < -0.39 is 16.3 Å². The molecule has 0 aliphatic carbocycles. The highest BCUT2D eigenvalue weighted by Crippen LogP contribution is 2.32. The Balaban J connectivity index is 2.17. The number of aromatic nitrogens is 1. The van der Waals surface area contributed by atoms with Gasteiger partial charge in [0, 0.05) is 19.2 Å². The number of piperidine rings is 1. The Morgan fingerprint density at radius 1 is 1.58 bits per heavy atom. The van der Waals surface area contributed by atoms with Gasteiger partial charge in [-0.1, -0.05) is 0 Å². The summed E-state index contributed by atoms with van der Waals surface area (Å²) < 4.78 is 0. The molecule has 1 aliphatic heterocycles. The van der Waals surface area contributed by atoms with Crippen molar-refractivity contribution < 1.29 is 14.8 Å². The molecule has 19 heavy (non-hydrogen) atoms. The van der Waals surface area contributed by atoms with Gasteiger partial charge in [0.25, 0.3) is 0 Å². The summed E-state index contributed by atoms with van der Waals surface area (Å²) in [7, 11) is 0. The molecular weight excluding hydrogens is 250 g/mol. The molecule has 1 N–H and O–H groups in total. The fourth-order valence-corrected chi connectivity index (χ4v) is 2.31. The number of rotatable bonds is 3. The lowest BCUT2D eigenvalue weighted by atomic mass is 9.82. The third-order valence-electron chi connectivity index (χ3n) is 3.50. The molecule has 0 saturated carbocycles. The summed E-state index contributed by atoms with van der Waals surface area (Å²) in [5, 5.41) is 19.8. The van der Waals surface area contributed by atoms with E-state index in [1.54, 1.807) is 13.0 Å². The maximum Gasteiger partial charge on any atom is 0.363 e. The maximum absolute atomic E-state index is 11.3. The average Bonchev–Trinajstić information content (AvgIpc) is 2.39. The molecule has 7 heteroatoms. The minimum absolute atomic E-state index is 0.207. The van der Waals surface area contributed by atoms with Gasteiger partial charge in [-0.15, -0.1) is 0 Å². The maximum atomic E-state index is 11.3. The average molecular weight is 265 g/mol. The summed E-state index contributed by atoms with van der Waals surface area (Å²) in [6.07, 6.45) is 2.84. The van der Waals surface area contributed by atoms with Crippen LogP contribution in [0, 0.1) is 15.5 Å². The molecule has 7 nitrogen and oxygen atoms in total. The van der Waals surface area contributed by atoms with Gasteiger partial charge in [0.15, 0.2) is 6.20 Å². The normalized spacial score (nSPS) is 23.1. The minimum Gasteiger partial charge on any atom is -0.481 e. The summed E-state index contributed by atoms with van der Waals surface area (Å²) in [5.74, 6) is -1.02. The van der Waals surface area contributed by atoms with Gasteiger partial charge >= 0.3 is 11.8 Å². The second-order valence-electron chi connectivity index (χ2n) is 5.02. The van der Waals surface area contributed by atoms with Crippen LogP contribution in [-0.4, -0.2) is 34.1 Å². The van der Waals surface area contributed by atoms with Crippen LogP contribution in [0.15, 0.2) is 18.3 Å². The Hall–Kier alpha value is -2.18. The van der Waals surface area contributed by atoms with Gasteiger partial charge in [-0.2, -0.15) is 0 Å². The Bertz CT molecular complexity index is 502. The van der Waals surface area contributed by atoms with Crippen molar-refractivity contribution in [3.8, 4) is 0 Å². The van der Waals surface area contributed by atoms with Gasteiger partial charge < -0.3 is 20.1 Å². The lowest BCUT2D eigenvalue weighted by Crippen LogP contribution is -2.46. The fourth-order valence-electron chi connectivity index (χ4n) is 2.31. The molecule has 1 atom stereocenters. The molecule has 2 heterocycles. The number of carbonyl (C=O) groups is 1. The zero-order chi connectivity index (χ0) is 14.0. The van der Waals surface area contributed by atoms with Gasteiger partial charge in [-0.05, 0) is 35.7 Å². The highest BCUT2D eigenvalue weighted by molar-refractivity contribution is 5.75. The first-order valence-electron chi connectivity index (χ1n) is 6.01. The van der Waals surface area contributed by atoms with Gasteiger partial charge in [0.2, 0.25) is 0 Å². The lowest BCUT2D eigenvalue weighted by molar-refractivity contribution is -0.389. The zero-order valence-electron chi connectivity index (χ0n) is 10.6. The number of nitro groups is 1. The molecule has 1 fully saturated rings. The molecular formula is C12H15N3O4. The quantitative estimate of drug-likeness (QED) is 0.659. The Labute approximate surface area is 110 Å². The van der Waals surface area contributed by atoms with Crippen LogP contribution in [0.3, 0.4) is 0 Å². The molecule has 0 amide bonds. The molecule has 0 aromatic carbocycles. The van der Waals surface area contributed by atoms with E-state index in [4.69, 9.17) is 0 Å². The topological polar surface area (TPSA) is 96.6 Å². The van der Waals surface area contributed by atoms with Crippen molar-refractivity contribution in [2.45, 2.75) is 19.8 Å². The summed E-state index contributed by atoms with van der Waals surface area (Å²) in [5.41, 5.74) is -0.0576. The van der Waals surface area contributed by atoms with E-state index in [0.717, 1.165) is 18.7 Å². The van der Waals surface area contributed by atoms with Crippen LogP contribution < -0.4 is 4.90 Å². The van der Waals surface area contributed by atoms with Crippen LogP contribution in [0.4, 0.5) is 11.5 Å². The van der Waals surface area contributed by atoms with E-state index >= 15 is 0 Å². The molecule has 0 spiro atoms. The first-order chi connectivity index (χ1) is 8.92. The number of carboxylic acid groups (broad SMARTS) is 1. The van der Waals surface area contributed by atoms with Crippen LogP contribution in [0.5, 0.6) is 0 Å². The van der Waals surface area contributed by atoms with Crippen LogP contribution >= 0.6 is 0 Å². The minimum atomic E-state index is -0.813. The first-order valence-corrected chi connectivity index (χ1v) is 6.01. The summed E-state index contributed by atoms with van der Waals surface area (Å²) >= 11 is 0. The number of nitrogens with zero attached hydrogens (tertiary/aromatic N) is 3. The third-order valence-corrected chi connectivity index (χ3v) is 3.50. The van der Waals surface area contributed by atoms with Crippen LogP contribution in [0.1, 0.15) is 19.8 Å². The first kappa shape index (κ1) is 13.3. The smallest absolute Gasteiger partial charge is 0.363 e. The number of hydrogen-bond donors (Lipinski definition) is 1. The molecule has 0 radical (unpaired) electrons. The number of hydrogen-bond acceptors (Lipinski definition) is 5. The van der Waals surface area contributed by atoms with E-state index in [1.165, 1.54) is 12.3 Å². The standard InChI is InChI=1S/C12H15N3O4/c1-12(11(16)17)5-2-6-14(8-12)9-3-4-10(13-7-9)15(18)19/h3-4,7H,2,5-6,8H2,1H3,(H,16,17). The third kappa shape index (κ3) is 2.64. The van der Waals surface area contributed by atoms with E-state index in [1.807, 2.05) is 4.90 Å². The van der Waals surface area contributed by atoms with Crippen molar-refractivity contribution >= 4 is 17.5 Å². The van der Waals surface area contributed by atoms with Crippen molar-refractivity contribution in [2.75, 3.05) is 18.0 Å². The SMILES string of the molecule is CC1(C(=O)O)CCCN(c2ccc([N+](=O)[O-])nc2)C1. The van der Waals surface area contributed by atoms with E-state index in [2.05, 4.69) is 4.98 Å². The highest BCUT2D eigenvalue weighted by atomic mass is 16.6. The predicted octanol–water partition coefficient (Wildman–Crippen LogP) is 1.68. The molecule has 0 bridgehead atoms. The van der Waals surface area contributed by atoms with Crippen molar-refractivity contribution in [1.82, 2.24) is 4.98 Å². The summed E-state index contributed by atoms with van der Waals surface area (Å²) in [6.45, 7) is 2.85.